The van der Waals surface area contributed by atoms with Crippen molar-refractivity contribution >= 4 is 0 Å². The van der Waals surface area contributed by atoms with Crippen LogP contribution in [0.25, 0.3) is 0 Å². The third kappa shape index (κ3) is 4.23. The molecule has 0 aliphatic carbocycles. The fourth-order valence-corrected chi connectivity index (χ4v) is 2.77. The summed E-state index contributed by atoms with van der Waals surface area (Å²) in [5.41, 5.74) is 0. The number of piperazine rings is 1. The molecule has 0 radical (unpaired) electrons. The van der Waals surface area contributed by atoms with Crippen LogP contribution in [0.1, 0.15) is 34.6 Å². The van der Waals surface area contributed by atoms with Crippen LogP contribution < -0.4 is 5.32 Å². The van der Waals surface area contributed by atoms with Crippen LogP contribution in [0.3, 0.4) is 0 Å². The predicted molar refractivity (Wildman–Crippen MR) is 75.5 cm³/mol. The van der Waals surface area contributed by atoms with E-state index in [9.17, 15) is 0 Å². The summed E-state index contributed by atoms with van der Waals surface area (Å²) in [4.78, 5) is 5.25. The van der Waals surface area contributed by atoms with E-state index in [2.05, 4.69) is 49.7 Å². The van der Waals surface area contributed by atoms with Gasteiger partial charge in [-0.2, -0.15) is 0 Å². The minimum atomic E-state index is 0.690. The lowest BCUT2D eigenvalue weighted by Gasteiger charge is -2.43. The molecule has 0 saturated carbocycles. The van der Waals surface area contributed by atoms with Gasteiger partial charge in [0.15, 0.2) is 0 Å². The summed E-state index contributed by atoms with van der Waals surface area (Å²) in [5, 5.41) is 3.46. The number of hydrogen-bond acceptors (Lipinski definition) is 3. The Balaban J connectivity index is 2.40. The maximum Gasteiger partial charge on any atom is 0.0195 e. The summed E-state index contributed by atoms with van der Waals surface area (Å²) in [6.45, 7) is 18.7. The summed E-state index contributed by atoms with van der Waals surface area (Å²) in [6.07, 6.45) is 0. The highest BCUT2D eigenvalue weighted by molar-refractivity contribution is 4.83. The van der Waals surface area contributed by atoms with E-state index >= 15 is 0 Å². The summed E-state index contributed by atoms with van der Waals surface area (Å²) in [7, 11) is 0. The Morgan fingerprint density at radius 1 is 1.24 bits per heavy atom. The van der Waals surface area contributed by atoms with Gasteiger partial charge in [-0.15, -0.1) is 0 Å². The highest BCUT2D eigenvalue weighted by atomic mass is 15.3. The molecule has 1 saturated heterocycles. The van der Waals surface area contributed by atoms with Crippen LogP contribution >= 0.6 is 0 Å². The summed E-state index contributed by atoms with van der Waals surface area (Å²) in [5.74, 6) is 0.732. The quantitative estimate of drug-likeness (QED) is 0.763. The van der Waals surface area contributed by atoms with Crippen LogP contribution in [0, 0.1) is 5.92 Å². The molecule has 102 valence electrons. The molecule has 0 aromatic rings. The second kappa shape index (κ2) is 7.34. The normalized spacial score (nSPS) is 27.0. The highest BCUT2D eigenvalue weighted by Gasteiger charge is 2.27. The van der Waals surface area contributed by atoms with Crippen molar-refractivity contribution in [3.63, 3.8) is 0 Å². The molecule has 0 aromatic heterocycles. The number of rotatable bonds is 6. The van der Waals surface area contributed by atoms with Gasteiger partial charge >= 0.3 is 0 Å². The lowest BCUT2D eigenvalue weighted by atomic mass is 10.00. The molecule has 0 aromatic carbocycles. The fourth-order valence-electron chi connectivity index (χ4n) is 2.77. The molecular weight excluding hydrogens is 210 g/mol. The molecule has 1 N–H and O–H groups in total. The summed E-state index contributed by atoms with van der Waals surface area (Å²) in [6, 6.07) is 1.40. The first-order valence-corrected chi connectivity index (χ1v) is 7.28. The van der Waals surface area contributed by atoms with Gasteiger partial charge < -0.3 is 5.32 Å². The van der Waals surface area contributed by atoms with E-state index in [1.807, 2.05) is 0 Å². The molecule has 1 rings (SSSR count). The zero-order chi connectivity index (χ0) is 12.8. The third-order valence-electron chi connectivity index (χ3n) is 4.32. The van der Waals surface area contributed by atoms with Gasteiger partial charge in [-0.1, -0.05) is 20.8 Å². The molecule has 3 nitrogen and oxygen atoms in total. The average Bonchev–Trinajstić information content (AvgIpc) is 2.34. The molecule has 0 bridgehead atoms. The van der Waals surface area contributed by atoms with Crippen molar-refractivity contribution in [2.24, 2.45) is 5.92 Å². The van der Waals surface area contributed by atoms with Gasteiger partial charge in [0.25, 0.3) is 0 Å². The van der Waals surface area contributed by atoms with Crippen molar-refractivity contribution in [2.45, 2.75) is 46.7 Å². The molecule has 1 heterocycles. The first-order valence-electron chi connectivity index (χ1n) is 7.28. The van der Waals surface area contributed by atoms with Gasteiger partial charge in [-0.3, -0.25) is 9.80 Å². The maximum atomic E-state index is 3.46. The number of nitrogens with zero attached hydrogens (tertiary/aromatic N) is 2. The van der Waals surface area contributed by atoms with Crippen molar-refractivity contribution < 1.29 is 0 Å². The number of likely N-dealkylation sites (N-methyl/N-ethyl adjacent to an activating group) is 1. The van der Waals surface area contributed by atoms with Crippen molar-refractivity contribution in [2.75, 3.05) is 39.3 Å². The first kappa shape index (κ1) is 14.9. The molecule has 1 fully saturated rings. The van der Waals surface area contributed by atoms with Gasteiger partial charge in [0.05, 0.1) is 0 Å². The van der Waals surface area contributed by atoms with Gasteiger partial charge in [0.1, 0.15) is 0 Å². The Labute approximate surface area is 108 Å². The van der Waals surface area contributed by atoms with Crippen LogP contribution in [0.5, 0.6) is 0 Å². The molecule has 3 heteroatoms. The molecule has 0 spiro atoms. The summed E-state index contributed by atoms with van der Waals surface area (Å²) >= 11 is 0. The molecule has 3 unspecified atom stereocenters. The van der Waals surface area contributed by atoms with Crippen LogP contribution in [0.2, 0.25) is 0 Å². The van der Waals surface area contributed by atoms with Crippen molar-refractivity contribution in [1.29, 1.82) is 0 Å². The molecule has 1 aliphatic heterocycles. The smallest absolute Gasteiger partial charge is 0.0195 e. The van der Waals surface area contributed by atoms with E-state index in [1.165, 1.54) is 26.2 Å². The van der Waals surface area contributed by atoms with E-state index in [0.717, 1.165) is 19.0 Å². The summed E-state index contributed by atoms with van der Waals surface area (Å²) < 4.78 is 0. The fraction of sp³-hybridized carbons (Fsp3) is 1.00. The topological polar surface area (TPSA) is 18.5 Å². The minimum Gasteiger partial charge on any atom is -0.317 e. The Kier molecular flexibility index (Phi) is 6.45. The number of nitrogens with one attached hydrogen (secondary N) is 1. The lowest BCUT2D eigenvalue weighted by molar-refractivity contribution is 0.0475. The third-order valence-corrected chi connectivity index (χ3v) is 4.32. The van der Waals surface area contributed by atoms with Crippen molar-refractivity contribution in [3.8, 4) is 0 Å². The second-order valence-corrected chi connectivity index (χ2v) is 5.50. The Morgan fingerprint density at radius 2 is 1.94 bits per heavy atom. The van der Waals surface area contributed by atoms with E-state index in [0.29, 0.717) is 12.1 Å². The van der Waals surface area contributed by atoms with E-state index in [1.54, 1.807) is 0 Å². The molecule has 1 aliphatic rings. The van der Waals surface area contributed by atoms with Crippen LogP contribution in [0.4, 0.5) is 0 Å². The van der Waals surface area contributed by atoms with E-state index in [-0.39, 0.29) is 0 Å². The van der Waals surface area contributed by atoms with Gasteiger partial charge in [0, 0.05) is 31.7 Å². The first-order chi connectivity index (χ1) is 8.10. The van der Waals surface area contributed by atoms with Crippen molar-refractivity contribution in [3.05, 3.63) is 0 Å². The molecular formula is C14H31N3. The van der Waals surface area contributed by atoms with E-state index < -0.39 is 0 Å². The standard InChI is InChI=1S/C14H31N3/c1-6-15-10-12(3)14(5)17-9-8-16(7-2)13(4)11-17/h12-15H,6-11H2,1-5H3. The number of hydrogen-bond donors (Lipinski definition) is 1. The van der Waals surface area contributed by atoms with Crippen LogP contribution in [-0.2, 0) is 0 Å². The second-order valence-electron chi connectivity index (χ2n) is 5.50. The highest BCUT2D eigenvalue weighted by Crippen LogP contribution is 2.16. The Bertz CT molecular complexity index is 208. The largest absolute Gasteiger partial charge is 0.317 e. The SMILES string of the molecule is CCNCC(C)C(C)N1CCN(CC)C(C)C1. The lowest BCUT2D eigenvalue weighted by Crippen LogP contribution is -2.55. The maximum absolute atomic E-state index is 3.46. The molecule has 0 amide bonds. The van der Waals surface area contributed by atoms with E-state index in [4.69, 9.17) is 0 Å². The monoisotopic (exact) mass is 241 g/mol. The molecule has 17 heavy (non-hydrogen) atoms. The van der Waals surface area contributed by atoms with Crippen molar-refractivity contribution in [1.82, 2.24) is 15.1 Å². The van der Waals surface area contributed by atoms with Gasteiger partial charge in [-0.05, 0) is 39.4 Å². The predicted octanol–water partition coefficient (Wildman–Crippen LogP) is 1.65. The van der Waals surface area contributed by atoms with Gasteiger partial charge in [0.2, 0.25) is 0 Å². The van der Waals surface area contributed by atoms with Crippen LogP contribution in [-0.4, -0.2) is 61.2 Å². The zero-order valence-corrected chi connectivity index (χ0v) is 12.4. The molecule has 3 atom stereocenters. The average molecular weight is 241 g/mol. The van der Waals surface area contributed by atoms with Gasteiger partial charge in [-0.25, -0.2) is 0 Å². The zero-order valence-electron chi connectivity index (χ0n) is 12.4. The van der Waals surface area contributed by atoms with Crippen LogP contribution in [0.15, 0.2) is 0 Å². The Morgan fingerprint density at radius 3 is 2.47 bits per heavy atom. The Hall–Kier alpha value is -0.120. The minimum absolute atomic E-state index is 0.690.